The van der Waals surface area contributed by atoms with Crippen LogP contribution in [0.15, 0.2) is 54.6 Å². The van der Waals surface area contributed by atoms with E-state index in [4.69, 9.17) is 33.2 Å². The molecule has 0 spiro atoms. The predicted octanol–water partition coefficient (Wildman–Crippen LogP) is 4.24. The molecule has 4 rings (SSSR count). The Balaban J connectivity index is 1.63. The fourth-order valence-corrected chi connectivity index (χ4v) is 8.72. The van der Waals surface area contributed by atoms with Crippen LogP contribution in [0.1, 0.15) is 92.6 Å². The average Bonchev–Trinajstić information content (AvgIpc) is 3.18. The number of ketones is 1. The number of aliphatic hydroxyl groups is 3. The van der Waals surface area contributed by atoms with Gasteiger partial charge in [-0.3, -0.25) is 14.4 Å². The van der Waals surface area contributed by atoms with Crippen LogP contribution in [-0.4, -0.2) is 145 Å². The van der Waals surface area contributed by atoms with E-state index < -0.39 is 103 Å². The molecule has 62 heavy (non-hydrogen) atoms. The zero-order valence-corrected chi connectivity index (χ0v) is 38.4. The molecule has 2 saturated heterocycles. The van der Waals surface area contributed by atoms with Crippen molar-refractivity contribution in [2.75, 3.05) is 27.7 Å². The third kappa shape index (κ3) is 15.0. The van der Waals surface area contributed by atoms with Gasteiger partial charge in [-0.25, -0.2) is 0 Å². The van der Waals surface area contributed by atoms with Gasteiger partial charge in [-0.05, 0) is 84.7 Å². The first-order chi connectivity index (χ1) is 29.3. The lowest BCUT2D eigenvalue weighted by atomic mass is 9.82. The van der Waals surface area contributed by atoms with E-state index in [1.807, 2.05) is 57.2 Å². The van der Waals surface area contributed by atoms with Gasteiger partial charge in [0.1, 0.15) is 30.0 Å². The molecule has 0 unspecified atom stereocenters. The molecule has 0 aliphatic carbocycles. The van der Waals surface area contributed by atoms with Crippen molar-refractivity contribution in [3.63, 3.8) is 0 Å². The van der Waals surface area contributed by atoms with Crippen molar-refractivity contribution in [1.82, 2.24) is 10.2 Å². The lowest BCUT2D eigenvalue weighted by Gasteiger charge is -2.50. The average molecular weight is 875 g/mol. The van der Waals surface area contributed by atoms with Gasteiger partial charge < -0.3 is 58.7 Å². The molecule has 0 amide bonds. The van der Waals surface area contributed by atoms with Gasteiger partial charge in [-0.15, -0.1) is 0 Å². The summed E-state index contributed by atoms with van der Waals surface area (Å²) in [6, 6.07) is 9.21. The quantitative estimate of drug-likeness (QED) is 0.153. The molecule has 0 bridgehead atoms. The maximum Gasteiger partial charge on any atom is 0.308 e. The van der Waals surface area contributed by atoms with Crippen LogP contribution in [0, 0.1) is 17.8 Å². The number of nitrogens with zero attached hydrogens (tertiary/aromatic N) is 1. The molecule has 15 atom stereocenters. The summed E-state index contributed by atoms with van der Waals surface area (Å²) in [5.41, 5.74) is -0.384. The third-order valence-corrected chi connectivity index (χ3v) is 11.9. The lowest BCUT2D eigenvalue weighted by molar-refractivity contribution is -0.344. The van der Waals surface area contributed by atoms with Crippen LogP contribution in [0.3, 0.4) is 0 Å². The van der Waals surface area contributed by atoms with Gasteiger partial charge in [-0.1, -0.05) is 69.3 Å². The summed E-state index contributed by atoms with van der Waals surface area (Å²) in [5, 5.41) is 38.9. The summed E-state index contributed by atoms with van der Waals surface area (Å²) in [6.45, 7) is 13.6. The van der Waals surface area contributed by atoms with Gasteiger partial charge in [0.25, 0.3) is 0 Å². The van der Waals surface area contributed by atoms with E-state index in [1.165, 1.54) is 13.2 Å². The van der Waals surface area contributed by atoms with E-state index in [-0.39, 0.29) is 31.0 Å². The zero-order chi connectivity index (χ0) is 45.7. The zero-order valence-electron chi connectivity index (χ0n) is 38.4. The molecule has 3 aliphatic heterocycles. The number of likely N-dealkylation sites (N-methyl/N-ethyl adjacent to an activating group) is 1. The highest BCUT2D eigenvalue weighted by atomic mass is 16.7. The first-order valence-electron chi connectivity index (χ1n) is 22.2. The number of methoxy groups -OCH3 is 1. The number of rotatable bonds is 14. The summed E-state index contributed by atoms with van der Waals surface area (Å²) in [4.78, 5) is 41.0. The number of esters is 2. The molecule has 4 N–H and O–H groups in total. The Hall–Kier alpha value is -3.09. The number of carbonyl (C=O) groups excluding carboxylic acids is 3. The van der Waals surface area contributed by atoms with Crippen molar-refractivity contribution in [2.45, 2.75) is 173 Å². The van der Waals surface area contributed by atoms with Crippen molar-refractivity contribution in [3.8, 4) is 0 Å². The second-order valence-electron chi connectivity index (χ2n) is 18.2. The minimum atomic E-state index is -1.48. The van der Waals surface area contributed by atoms with E-state index in [9.17, 15) is 29.7 Å². The highest BCUT2D eigenvalue weighted by Crippen LogP contribution is 2.37. The van der Waals surface area contributed by atoms with Crippen LogP contribution in [0.5, 0.6) is 0 Å². The number of aliphatic hydroxyl groups excluding tert-OH is 2. The Labute approximate surface area is 368 Å². The van der Waals surface area contributed by atoms with Crippen LogP contribution >= 0.6 is 0 Å². The Bertz CT molecular complexity index is 1600. The van der Waals surface area contributed by atoms with Gasteiger partial charge >= 0.3 is 11.9 Å². The number of allylic oxidation sites excluding steroid dienone is 3. The SMILES string of the molecule is CO[C@@H]1[C@@H](O[C@@H]2O[C@H](C)[C@@H](O[C@H]3C[C@@](C)(O)[C@@H](OC(=O)CC(C)C)[C@H](C)O3)[C@H](N(C)C)[C@H]2O)[C@@H](CCNCc2ccccc2)C[C@@H](C)C(=O)/C=C\C=C/C[C@@H](C)OC(=O)C[C@H]1O. The summed E-state index contributed by atoms with van der Waals surface area (Å²) >= 11 is 0. The number of carbonyl (C=O) groups is 3. The largest absolute Gasteiger partial charge is 0.462 e. The minimum Gasteiger partial charge on any atom is -0.462 e. The number of nitrogens with one attached hydrogen (secondary N) is 1. The van der Waals surface area contributed by atoms with E-state index in [1.54, 1.807) is 58.8 Å². The van der Waals surface area contributed by atoms with Gasteiger partial charge in [0.05, 0.1) is 36.9 Å². The predicted molar refractivity (Wildman–Crippen MR) is 231 cm³/mol. The number of cyclic esters (lactones) is 1. The molecule has 0 aromatic heterocycles. The molecule has 1 aromatic rings. The van der Waals surface area contributed by atoms with Gasteiger partial charge in [0.2, 0.25) is 0 Å². The van der Waals surface area contributed by atoms with E-state index in [0.717, 1.165) is 5.56 Å². The topological polar surface area (TPSA) is 192 Å². The lowest BCUT2D eigenvalue weighted by Crippen LogP contribution is -2.66. The first-order valence-corrected chi connectivity index (χ1v) is 22.2. The second kappa shape index (κ2) is 24.3. The number of hydrogen-bond donors (Lipinski definition) is 4. The van der Waals surface area contributed by atoms with Crippen LogP contribution < -0.4 is 5.32 Å². The summed E-state index contributed by atoms with van der Waals surface area (Å²) in [6.07, 6.45) is -2.85. The van der Waals surface area contributed by atoms with Crippen molar-refractivity contribution < 1.29 is 62.9 Å². The molecule has 350 valence electrons. The molecule has 2 fully saturated rings. The van der Waals surface area contributed by atoms with Crippen LogP contribution in [0.2, 0.25) is 0 Å². The first kappa shape index (κ1) is 51.5. The Morgan fingerprint density at radius 3 is 2.34 bits per heavy atom. The number of hydrogen-bond acceptors (Lipinski definition) is 15. The number of benzene rings is 1. The molecule has 0 saturated carbocycles. The van der Waals surface area contributed by atoms with Gasteiger partial charge in [-0.2, -0.15) is 0 Å². The molecule has 1 aromatic carbocycles. The summed E-state index contributed by atoms with van der Waals surface area (Å²) in [7, 11) is 5.01. The normalized spacial score (nSPS) is 37.8. The molecule has 15 nitrogen and oxygen atoms in total. The van der Waals surface area contributed by atoms with Gasteiger partial charge in [0.15, 0.2) is 24.5 Å². The Morgan fingerprint density at radius 2 is 1.69 bits per heavy atom. The maximum absolute atomic E-state index is 13.5. The molecular weight excluding hydrogens is 801 g/mol. The standard InChI is InChI=1S/C47H74N2O13/c1-28(2)23-37(52)60-45-32(6)58-39(26-47(45,7)55)61-42-31(5)59-46(41(54)40(42)49(8)9)62-43-34(21-22-48-27-33-18-14-12-15-19-33)24-29(3)35(50)20-16-11-13-17-30(4)57-38(53)25-36(51)44(43)56-10/h11-16,18-20,28-32,34,36,39-46,48,51,54-55H,17,21-27H2,1-10H3/b13-11-,20-16-/t29-,30-,31-,32+,34+,36-,39+,40-,41-,42-,43+,44+,45+,46+,47-/m1/s1. The van der Waals surface area contributed by atoms with Crippen molar-refractivity contribution in [1.29, 1.82) is 0 Å². The second-order valence-corrected chi connectivity index (χ2v) is 18.2. The van der Waals surface area contributed by atoms with Crippen molar-refractivity contribution in [3.05, 3.63) is 60.2 Å². The van der Waals surface area contributed by atoms with Crippen molar-refractivity contribution in [2.24, 2.45) is 17.8 Å². The summed E-state index contributed by atoms with van der Waals surface area (Å²) < 4.78 is 43.3. The maximum atomic E-state index is 13.5. The van der Waals surface area contributed by atoms with E-state index in [0.29, 0.717) is 32.4 Å². The highest BCUT2D eigenvalue weighted by molar-refractivity contribution is 5.91. The highest BCUT2D eigenvalue weighted by Gasteiger charge is 2.52. The fraction of sp³-hybridized carbons (Fsp3) is 0.723. The van der Waals surface area contributed by atoms with E-state index >= 15 is 0 Å². The van der Waals surface area contributed by atoms with Crippen molar-refractivity contribution >= 4 is 17.7 Å². The molecule has 3 aliphatic rings. The van der Waals surface area contributed by atoms with Gasteiger partial charge in [0, 0.05) is 38.8 Å². The van der Waals surface area contributed by atoms with Crippen LogP contribution in [0.4, 0.5) is 0 Å². The molecular formula is C47H74N2O13. The molecule has 15 heteroatoms. The molecule has 3 heterocycles. The molecule has 0 radical (unpaired) electrons. The number of ether oxygens (including phenoxy) is 7. The smallest absolute Gasteiger partial charge is 0.308 e. The van der Waals surface area contributed by atoms with E-state index in [2.05, 4.69) is 5.32 Å². The minimum absolute atomic E-state index is 0.0184. The summed E-state index contributed by atoms with van der Waals surface area (Å²) in [5.74, 6) is -1.96. The Morgan fingerprint density at radius 1 is 0.984 bits per heavy atom. The van der Waals surface area contributed by atoms with Crippen LogP contribution in [0.25, 0.3) is 0 Å². The monoisotopic (exact) mass is 875 g/mol. The Kier molecular flexibility index (Phi) is 20.2. The third-order valence-electron chi connectivity index (χ3n) is 11.9. The van der Waals surface area contributed by atoms with Crippen LogP contribution in [-0.2, 0) is 54.1 Å². The fourth-order valence-electron chi connectivity index (χ4n) is 8.72.